The third-order valence-corrected chi connectivity index (χ3v) is 4.91. The van der Waals surface area contributed by atoms with Gasteiger partial charge in [0.2, 0.25) is 5.82 Å². The van der Waals surface area contributed by atoms with Crippen LogP contribution in [-0.4, -0.2) is 35.1 Å². The second-order valence-electron chi connectivity index (χ2n) is 7.10. The summed E-state index contributed by atoms with van der Waals surface area (Å²) in [6, 6.07) is 13.2. The molecule has 1 saturated carbocycles. The molecule has 1 N–H and O–H groups in total. The van der Waals surface area contributed by atoms with E-state index >= 15 is 0 Å². The lowest BCUT2D eigenvalue weighted by atomic mass is 9.89. The Labute approximate surface area is 175 Å². The quantitative estimate of drug-likeness (QED) is 0.536. The van der Waals surface area contributed by atoms with Gasteiger partial charge in [0.15, 0.2) is 0 Å². The molecule has 7 nitrogen and oxygen atoms in total. The Kier molecular flexibility index (Phi) is 5.90. The zero-order valence-corrected chi connectivity index (χ0v) is 16.1. The van der Waals surface area contributed by atoms with Crippen LogP contribution in [0.3, 0.4) is 0 Å². The molecule has 2 aromatic carbocycles. The molecule has 10 heteroatoms. The predicted octanol–water partition coefficient (Wildman–Crippen LogP) is 4.10. The highest BCUT2D eigenvalue weighted by atomic mass is 19.4. The van der Waals surface area contributed by atoms with Crippen LogP contribution in [0.5, 0.6) is 5.75 Å². The van der Waals surface area contributed by atoms with Crippen molar-refractivity contribution in [2.75, 3.05) is 0 Å². The van der Waals surface area contributed by atoms with Crippen LogP contribution in [0.25, 0.3) is 22.8 Å². The van der Waals surface area contributed by atoms with E-state index in [4.69, 9.17) is 9.26 Å². The van der Waals surface area contributed by atoms with E-state index in [9.17, 15) is 18.0 Å². The number of rotatable bonds is 8. The fraction of sp³-hybridized carbons (Fsp3) is 0.286. The fourth-order valence-corrected chi connectivity index (χ4v) is 3.21. The van der Waals surface area contributed by atoms with Crippen LogP contribution < -0.4 is 10.1 Å². The molecule has 0 unspecified atom stereocenters. The van der Waals surface area contributed by atoms with Gasteiger partial charge in [0, 0.05) is 23.7 Å². The van der Waals surface area contributed by atoms with Crippen molar-refractivity contribution in [1.29, 1.82) is 0 Å². The smallest absolute Gasteiger partial charge is 0.464 e. The topological polar surface area (TPSA) is 86.5 Å². The Hall–Kier alpha value is -3.40. The van der Waals surface area contributed by atoms with Gasteiger partial charge in [-0.1, -0.05) is 29.4 Å². The first-order chi connectivity index (χ1) is 14.9. The molecule has 1 aromatic heterocycles. The first-order valence-electron chi connectivity index (χ1n) is 9.51. The largest absolute Gasteiger partial charge is 0.573 e. The fourth-order valence-electron chi connectivity index (χ4n) is 3.21. The van der Waals surface area contributed by atoms with Crippen molar-refractivity contribution < 1.29 is 32.0 Å². The maximum Gasteiger partial charge on any atom is 0.573 e. The number of benzene rings is 2. The molecular weight excluding hydrogens is 415 g/mol. The molecule has 3 aromatic rings. The van der Waals surface area contributed by atoms with Crippen LogP contribution in [0.1, 0.15) is 18.4 Å². The third kappa shape index (κ3) is 5.40. The van der Waals surface area contributed by atoms with E-state index < -0.39 is 6.36 Å². The summed E-state index contributed by atoms with van der Waals surface area (Å²) in [6.07, 6.45) is -3.11. The molecule has 0 saturated heterocycles. The number of hydrogen-bond donors (Lipinski definition) is 1. The zero-order valence-electron chi connectivity index (χ0n) is 16.1. The Bertz CT molecular complexity index is 1010. The standard InChI is InChI=1S/C21H18F3N3O4/c22-21(23,24)30-17-7-5-15(6-8-17)20-26-19(27-31-20)14-3-1-13(2-4-14)11-25-16-9-18(10-16)29-12-28/h1-8,12,16,18,25H,9-11H2. The van der Waals surface area contributed by atoms with Gasteiger partial charge in [0.1, 0.15) is 11.9 Å². The summed E-state index contributed by atoms with van der Waals surface area (Å²) in [7, 11) is 0. The number of ether oxygens (including phenoxy) is 2. The van der Waals surface area contributed by atoms with Crippen molar-refractivity contribution in [2.45, 2.75) is 37.9 Å². The first kappa shape index (κ1) is 20.9. The lowest BCUT2D eigenvalue weighted by molar-refractivity contribution is -0.274. The summed E-state index contributed by atoms with van der Waals surface area (Å²) in [5.74, 6) is 0.239. The minimum absolute atomic E-state index is 0.0122. The molecule has 0 atom stereocenters. The number of nitrogens with one attached hydrogen (secondary N) is 1. The average molecular weight is 433 g/mol. The van der Waals surface area contributed by atoms with E-state index in [1.807, 2.05) is 24.3 Å². The van der Waals surface area contributed by atoms with E-state index in [1.54, 1.807) is 0 Å². The van der Waals surface area contributed by atoms with Gasteiger partial charge >= 0.3 is 6.36 Å². The highest BCUT2D eigenvalue weighted by Crippen LogP contribution is 2.27. The summed E-state index contributed by atoms with van der Waals surface area (Å²) in [6.45, 7) is 1.17. The van der Waals surface area contributed by atoms with Gasteiger partial charge in [-0.05, 0) is 42.7 Å². The zero-order chi connectivity index (χ0) is 21.8. The lowest BCUT2D eigenvalue weighted by Gasteiger charge is -2.34. The Morgan fingerprint density at radius 2 is 1.74 bits per heavy atom. The number of aromatic nitrogens is 2. The summed E-state index contributed by atoms with van der Waals surface area (Å²) < 4.78 is 50.7. The molecule has 4 rings (SSSR count). The summed E-state index contributed by atoms with van der Waals surface area (Å²) in [4.78, 5) is 14.6. The number of nitrogens with zero attached hydrogens (tertiary/aromatic N) is 2. The lowest BCUT2D eigenvalue weighted by Crippen LogP contribution is -2.44. The van der Waals surface area contributed by atoms with Crippen molar-refractivity contribution in [3.8, 4) is 28.6 Å². The van der Waals surface area contributed by atoms with Gasteiger partial charge in [-0.3, -0.25) is 4.79 Å². The van der Waals surface area contributed by atoms with Crippen LogP contribution >= 0.6 is 0 Å². The Morgan fingerprint density at radius 3 is 2.39 bits per heavy atom. The van der Waals surface area contributed by atoms with Gasteiger partial charge in [-0.2, -0.15) is 4.98 Å². The first-order valence-corrected chi connectivity index (χ1v) is 9.51. The SMILES string of the molecule is O=COC1CC(NCc2ccc(-c3noc(-c4ccc(OC(F)(F)F)cc4)n3)cc2)C1. The van der Waals surface area contributed by atoms with E-state index in [2.05, 4.69) is 20.2 Å². The number of carbonyl (C=O) groups is 1. The molecule has 0 bridgehead atoms. The molecule has 1 aliphatic carbocycles. The highest BCUT2D eigenvalue weighted by Gasteiger charge is 2.31. The van der Waals surface area contributed by atoms with Gasteiger partial charge in [-0.15, -0.1) is 13.2 Å². The predicted molar refractivity (Wildman–Crippen MR) is 103 cm³/mol. The van der Waals surface area contributed by atoms with Crippen LogP contribution in [0.2, 0.25) is 0 Å². The molecular formula is C21H18F3N3O4. The van der Waals surface area contributed by atoms with Crippen LogP contribution in [0.4, 0.5) is 13.2 Å². The monoisotopic (exact) mass is 433 g/mol. The van der Waals surface area contributed by atoms with E-state index in [0.29, 0.717) is 30.4 Å². The number of halogens is 3. The molecule has 1 fully saturated rings. The summed E-state index contributed by atoms with van der Waals surface area (Å²) in [5.41, 5.74) is 2.30. The summed E-state index contributed by atoms with van der Waals surface area (Å²) >= 11 is 0. The van der Waals surface area contributed by atoms with E-state index in [1.165, 1.54) is 24.3 Å². The molecule has 0 spiro atoms. The van der Waals surface area contributed by atoms with Gasteiger partial charge in [0.05, 0.1) is 0 Å². The Balaban J connectivity index is 1.34. The highest BCUT2D eigenvalue weighted by molar-refractivity contribution is 5.60. The van der Waals surface area contributed by atoms with E-state index in [-0.39, 0.29) is 17.7 Å². The van der Waals surface area contributed by atoms with Crippen molar-refractivity contribution >= 4 is 6.47 Å². The number of alkyl halides is 3. The molecule has 31 heavy (non-hydrogen) atoms. The maximum atomic E-state index is 12.3. The molecule has 0 amide bonds. The van der Waals surface area contributed by atoms with Gasteiger partial charge in [-0.25, -0.2) is 0 Å². The normalized spacial score (nSPS) is 18.3. The minimum atomic E-state index is -4.74. The maximum absolute atomic E-state index is 12.3. The third-order valence-electron chi connectivity index (χ3n) is 4.91. The van der Waals surface area contributed by atoms with Crippen molar-refractivity contribution in [2.24, 2.45) is 0 Å². The van der Waals surface area contributed by atoms with Crippen molar-refractivity contribution in [1.82, 2.24) is 15.5 Å². The average Bonchev–Trinajstić information content (AvgIpc) is 3.19. The van der Waals surface area contributed by atoms with Crippen LogP contribution in [-0.2, 0) is 16.1 Å². The van der Waals surface area contributed by atoms with Gasteiger partial charge < -0.3 is 19.3 Å². The van der Waals surface area contributed by atoms with Crippen LogP contribution in [0.15, 0.2) is 53.1 Å². The minimum Gasteiger partial charge on any atom is -0.464 e. The van der Waals surface area contributed by atoms with E-state index in [0.717, 1.165) is 24.0 Å². The summed E-state index contributed by atoms with van der Waals surface area (Å²) in [5, 5.41) is 7.34. The molecule has 162 valence electrons. The van der Waals surface area contributed by atoms with Crippen molar-refractivity contribution in [3.05, 3.63) is 54.1 Å². The number of carbonyl (C=O) groups excluding carboxylic acids is 1. The second kappa shape index (κ2) is 8.76. The van der Waals surface area contributed by atoms with Crippen LogP contribution in [0, 0.1) is 0 Å². The Morgan fingerprint density at radius 1 is 1.06 bits per heavy atom. The van der Waals surface area contributed by atoms with Crippen molar-refractivity contribution in [3.63, 3.8) is 0 Å². The molecule has 0 radical (unpaired) electrons. The molecule has 0 aliphatic heterocycles. The van der Waals surface area contributed by atoms with Gasteiger partial charge in [0.25, 0.3) is 12.4 Å². The molecule has 1 aliphatic rings. The number of hydrogen-bond acceptors (Lipinski definition) is 7. The second-order valence-corrected chi connectivity index (χ2v) is 7.10. The molecule has 1 heterocycles.